The number of fused-ring (bicyclic) bond motifs is 1. The molecule has 1 saturated heterocycles. The van der Waals surface area contributed by atoms with E-state index in [0.717, 1.165) is 42.4 Å². The van der Waals surface area contributed by atoms with Gasteiger partial charge in [-0.15, -0.1) is 10.2 Å². The topological polar surface area (TPSA) is 71.6 Å². The van der Waals surface area contributed by atoms with Crippen molar-refractivity contribution >= 4 is 11.6 Å². The van der Waals surface area contributed by atoms with Crippen molar-refractivity contribution in [3.63, 3.8) is 0 Å². The van der Waals surface area contributed by atoms with E-state index >= 15 is 0 Å². The van der Waals surface area contributed by atoms with Crippen LogP contribution in [0.25, 0.3) is 5.65 Å². The molecule has 0 aliphatic carbocycles. The molecule has 3 aromatic rings. The van der Waals surface area contributed by atoms with Gasteiger partial charge in [0.1, 0.15) is 23.0 Å². The summed E-state index contributed by atoms with van der Waals surface area (Å²) < 4.78 is 4.07. The van der Waals surface area contributed by atoms with Gasteiger partial charge in [-0.2, -0.15) is 0 Å². The van der Waals surface area contributed by atoms with Crippen LogP contribution in [-0.4, -0.2) is 67.0 Å². The maximum atomic E-state index is 12.9. The first kappa shape index (κ1) is 18.6. The third kappa shape index (κ3) is 3.40. The summed E-state index contributed by atoms with van der Waals surface area (Å²) in [6.07, 6.45) is 3.63. The second kappa shape index (κ2) is 7.35. The van der Waals surface area contributed by atoms with Crippen LogP contribution in [0.2, 0.25) is 0 Å². The fourth-order valence-corrected chi connectivity index (χ4v) is 3.91. The highest BCUT2D eigenvalue weighted by atomic mass is 16.2. The Morgan fingerprint density at radius 3 is 2.64 bits per heavy atom. The molecule has 0 aromatic carbocycles. The first-order valence-corrected chi connectivity index (χ1v) is 9.71. The molecule has 1 fully saturated rings. The maximum Gasteiger partial charge on any atom is 0.274 e. The fraction of sp³-hybridized carbons (Fsp3) is 0.500. The number of amides is 1. The van der Waals surface area contributed by atoms with Crippen molar-refractivity contribution in [2.24, 2.45) is 7.05 Å². The molecule has 3 aromatic heterocycles. The Kier molecular flexibility index (Phi) is 4.89. The van der Waals surface area contributed by atoms with E-state index in [1.54, 1.807) is 0 Å². The van der Waals surface area contributed by atoms with E-state index in [0.29, 0.717) is 24.7 Å². The predicted octanol–water partition coefficient (Wildman–Crippen LogP) is 1.85. The lowest BCUT2D eigenvalue weighted by Gasteiger charge is -2.31. The second-order valence-electron chi connectivity index (χ2n) is 7.86. The molecule has 0 radical (unpaired) electrons. The molecule has 1 amide bonds. The molecule has 8 nitrogen and oxygen atoms in total. The lowest BCUT2D eigenvalue weighted by molar-refractivity contribution is 0.0705. The van der Waals surface area contributed by atoms with Gasteiger partial charge in [0.2, 0.25) is 0 Å². The van der Waals surface area contributed by atoms with E-state index < -0.39 is 0 Å². The maximum absolute atomic E-state index is 12.9. The molecule has 28 heavy (non-hydrogen) atoms. The Balaban J connectivity index is 1.44. The molecule has 4 rings (SSSR count). The lowest BCUT2D eigenvalue weighted by Crippen LogP contribution is -2.38. The average Bonchev–Trinajstić information content (AvgIpc) is 3.26. The van der Waals surface area contributed by atoms with Crippen molar-refractivity contribution in [3.8, 4) is 0 Å². The highest BCUT2D eigenvalue weighted by Crippen LogP contribution is 2.27. The lowest BCUT2D eigenvalue weighted by atomic mass is 9.95. The summed E-state index contributed by atoms with van der Waals surface area (Å²) in [6.45, 7) is 4.21. The number of carbonyl (C=O) groups is 1. The normalized spacial score (nSPS) is 15.7. The van der Waals surface area contributed by atoms with Gasteiger partial charge in [0, 0.05) is 37.9 Å². The zero-order chi connectivity index (χ0) is 19.8. The molecule has 1 aliphatic rings. The Bertz CT molecular complexity index is 995. The minimum Gasteiger partial charge on any atom is -0.337 e. The van der Waals surface area contributed by atoms with E-state index in [9.17, 15) is 4.79 Å². The third-order valence-corrected chi connectivity index (χ3v) is 5.52. The van der Waals surface area contributed by atoms with Crippen molar-refractivity contribution < 1.29 is 4.79 Å². The van der Waals surface area contributed by atoms with Gasteiger partial charge in [-0.3, -0.25) is 4.79 Å². The van der Waals surface area contributed by atoms with Gasteiger partial charge in [0.15, 0.2) is 0 Å². The number of pyridine rings is 1. The molecule has 0 bridgehead atoms. The molecule has 148 valence electrons. The van der Waals surface area contributed by atoms with Crippen LogP contribution in [0.15, 0.2) is 24.4 Å². The van der Waals surface area contributed by atoms with Crippen molar-refractivity contribution in [1.82, 2.24) is 33.9 Å². The molecule has 0 atom stereocenters. The first-order chi connectivity index (χ1) is 13.4. The van der Waals surface area contributed by atoms with Crippen LogP contribution in [0.4, 0.5) is 0 Å². The van der Waals surface area contributed by atoms with Crippen molar-refractivity contribution in [2.75, 3.05) is 27.2 Å². The number of likely N-dealkylation sites (tertiary alicyclic amines) is 1. The van der Waals surface area contributed by atoms with Gasteiger partial charge in [-0.05, 0) is 46.0 Å². The van der Waals surface area contributed by atoms with Crippen molar-refractivity contribution in [2.45, 2.75) is 32.2 Å². The summed E-state index contributed by atoms with van der Waals surface area (Å²) in [6, 6.07) is 5.90. The van der Waals surface area contributed by atoms with E-state index in [-0.39, 0.29) is 5.91 Å². The van der Waals surface area contributed by atoms with E-state index in [1.807, 2.05) is 61.8 Å². The second-order valence-corrected chi connectivity index (χ2v) is 7.86. The predicted molar refractivity (Wildman–Crippen MR) is 106 cm³/mol. The van der Waals surface area contributed by atoms with Crippen LogP contribution in [-0.2, 0) is 13.6 Å². The molecule has 0 saturated carbocycles. The van der Waals surface area contributed by atoms with Crippen molar-refractivity contribution in [1.29, 1.82) is 0 Å². The number of imidazole rings is 1. The minimum atomic E-state index is 0.00723. The minimum absolute atomic E-state index is 0.00723. The summed E-state index contributed by atoms with van der Waals surface area (Å²) in [4.78, 5) is 21.4. The molecule has 0 N–H and O–H groups in total. The molecular weight excluding hydrogens is 354 g/mol. The number of rotatable bonds is 4. The molecule has 0 spiro atoms. The smallest absolute Gasteiger partial charge is 0.274 e. The number of piperidine rings is 1. The Morgan fingerprint density at radius 1 is 1.21 bits per heavy atom. The van der Waals surface area contributed by atoms with Gasteiger partial charge in [0.05, 0.1) is 6.54 Å². The monoisotopic (exact) mass is 381 g/mol. The van der Waals surface area contributed by atoms with E-state index in [4.69, 9.17) is 0 Å². The molecule has 0 unspecified atom stereocenters. The summed E-state index contributed by atoms with van der Waals surface area (Å²) in [5.41, 5.74) is 2.39. The third-order valence-electron chi connectivity index (χ3n) is 5.52. The van der Waals surface area contributed by atoms with Gasteiger partial charge in [-0.25, -0.2) is 4.98 Å². The highest BCUT2D eigenvalue weighted by Gasteiger charge is 2.28. The van der Waals surface area contributed by atoms with Gasteiger partial charge >= 0.3 is 0 Å². The quantitative estimate of drug-likeness (QED) is 0.690. The van der Waals surface area contributed by atoms with Gasteiger partial charge in [0.25, 0.3) is 5.91 Å². The first-order valence-electron chi connectivity index (χ1n) is 9.71. The summed E-state index contributed by atoms with van der Waals surface area (Å²) >= 11 is 0. The van der Waals surface area contributed by atoms with Gasteiger partial charge in [-0.1, -0.05) is 6.07 Å². The van der Waals surface area contributed by atoms with E-state index in [2.05, 4.69) is 24.6 Å². The molecule has 4 heterocycles. The van der Waals surface area contributed by atoms with Crippen LogP contribution in [0.3, 0.4) is 0 Å². The molecule has 8 heteroatoms. The summed E-state index contributed by atoms with van der Waals surface area (Å²) in [5.74, 6) is 2.33. The SMILES string of the molecule is Cc1cccc2nc(C(=O)N3CCC(c4nnc(CN(C)C)n4C)CC3)cn12. The zero-order valence-electron chi connectivity index (χ0n) is 17.0. The largest absolute Gasteiger partial charge is 0.337 e. The standard InChI is InChI=1S/C20H27N7O/c1-14-6-5-7-17-21-16(12-27(14)17)20(28)26-10-8-15(9-11-26)19-23-22-18(25(19)4)13-24(2)3/h5-7,12,15H,8-11,13H2,1-4H3. The highest BCUT2D eigenvalue weighted by molar-refractivity contribution is 5.93. The average molecular weight is 381 g/mol. The number of nitrogens with zero attached hydrogens (tertiary/aromatic N) is 7. The van der Waals surface area contributed by atoms with Crippen LogP contribution in [0, 0.1) is 6.92 Å². The van der Waals surface area contributed by atoms with Crippen molar-refractivity contribution in [3.05, 3.63) is 47.4 Å². The molecular formula is C20H27N7O. The number of aryl methyl sites for hydroxylation is 1. The van der Waals surface area contributed by atoms with Crippen LogP contribution >= 0.6 is 0 Å². The number of hydrogen-bond acceptors (Lipinski definition) is 5. The van der Waals surface area contributed by atoms with Crippen LogP contribution in [0.5, 0.6) is 0 Å². The summed E-state index contributed by atoms with van der Waals surface area (Å²) in [5, 5.41) is 8.77. The number of carbonyl (C=O) groups excluding carboxylic acids is 1. The van der Waals surface area contributed by atoms with E-state index in [1.165, 1.54) is 0 Å². The number of hydrogen-bond donors (Lipinski definition) is 0. The Hall–Kier alpha value is -2.74. The van der Waals surface area contributed by atoms with Gasteiger partial charge < -0.3 is 18.8 Å². The zero-order valence-corrected chi connectivity index (χ0v) is 17.0. The number of aromatic nitrogens is 5. The molecule has 1 aliphatic heterocycles. The Morgan fingerprint density at radius 2 is 1.96 bits per heavy atom. The summed E-state index contributed by atoms with van der Waals surface area (Å²) in [7, 11) is 6.09. The van der Waals surface area contributed by atoms with Crippen LogP contribution < -0.4 is 0 Å². The van der Waals surface area contributed by atoms with Crippen LogP contribution in [0.1, 0.15) is 46.6 Å². The Labute approximate surface area is 164 Å². The fourth-order valence-electron chi connectivity index (χ4n) is 3.91.